The number of rotatable bonds is 2. The van der Waals surface area contributed by atoms with E-state index in [1.807, 2.05) is 12.4 Å². The van der Waals surface area contributed by atoms with E-state index in [1.54, 1.807) is 0 Å². The van der Waals surface area contributed by atoms with Gasteiger partial charge in [0.15, 0.2) is 0 Å². The third-order valence-corrected chi connectivity index (χ3v) is 2.49. The van der Waals surface area contributed by atoms with Gasteiger partial charge >= 0.3 is 0 Å². The number of pyridine rings is 1. The Labute approximate surface area is 83.6 Å². The minimum Gasteiger partial charge on any atom is -0.325 e. The van der Waals surface area contributed by atoms with Gasteiger partial charge in [-0.15, -0.1) is 0 Å². The molecule has 0 saturated carbocycles. The largest absolute Gasteiger partial charge is 0.325 e. The van der Waals surface area contributed by atoms with Gasteiger partial charge < -0.3 is 10.1 Å². The fourth-order valence-electron chi connectivity index (χ4n) is 1.71. The van der Waals surface area contributed by atoms with E-state index in [9.17, 15) is 0 Å². The van der Waals surface area contributed by atoms with Crippen molar-refractivity contribution in [1.82, 2.24) is 9.38 Å². The molecular formula is C11H15N3. The minimum atomic E-state index is 0.492. The van der Waals surface area contributed by atoms with E-state index in [-0.39, 0.29) is 0 Å². The molecule has 0 saturated heterocycles. The molecule has 0 fully saturated rings. The van der Waals surface area contributed by atoms with Crippen molar-refractivity contribution in [2.75, 3.05) is 0 Å². The average molecular weight is 189 g/mol. The first-order valence-electron chi connectivity index (χ1n) is 4.89. The summed E-state index contributed by atoms with van der Waals surface area (Å²) in [6.07, 6.45) is 3.78. The van der Waals surface area contributed by atoms with Gasteiger partial charge in [-0.1, -0.05) is 19.9 Å². The third kappa shape index (κ3) is 1.30. The first kappa shape index (κ1) is 9.21. The highest BCUT2D eigenvalue weighted by Gasteiger charge is 2.08. The quantitative estimate of drug-likeness (QED) is 0.784. The van der Waals surface area contributed by atoms with Crippen molar-refractivity contribution in [3.05, 3.63) is 35.8 Å². The van der Waals surface area contributed by atoms with E-state index in [0.717, 1.165) is 11.3 Å². The predicted octanol–water partition coefficient (Wildman–Crippen LogP) is 1.92. The predicted molar refractivity (Wildman–Crippen MR) is 57.2 cm³/mol. The first-order valence-corrected chi connectivity index (χ1v) is 4.89. The Morgan fingerprint density at radius 3 is 2.86 bits per heavy atom. The lowest BCUT2D eigenvalue weighted by Crippen LogP contribution is -2.05. The summed E-state index contributed by atoms with van der Waals surface area (Å²) in [6.45, 7) is 4.89. The highest BCUT2D eigenvalue weighted by molar-refractivity contribution is 5.50. The molecule has 2 aromatic heterocycles. The Morgan fingerprint density at radius 2 is 2.21 bits per heavy atom. The van der Waals surface area contributed by atoms with Crippen molar-refractivity contribution in [3.63, 3.8) is 0 Å². The van der Waals surface area contributed by atoms with Gasteiger partial charge in [-0.3, -0.25) is 0 Å². The lowest BCUT2D eigenvalue weighted by atomic mass is 10.0. The van der Waals surface area contributed by atoms with Crippen molar-refractivity contribution in [1.29, 1.82) is 0 Å². The van der Waals surface area contributed by atoms with Gasteiger partial charge in [-0.25, -0.2) is 4.98 Å². The van der Waals surface area contributed by atoms with Gasteiger partial charge in [0.05, 0.1) is 0 Å². The Hall–Kier alpha value is -1.35. The molecule has 0 aliphatic carbocycles. The summed E-state index contributed by atoms with van der Waals surface area (Å²) in [7, 11) is 0. The van der Waals surface area contributed by atoms with Crippen LogP contribution in [0.25, 0.3) is 5.65 Å². The van der Waals surface area contributed by atoms with E-state index in [4.69, 9.17) is 5.73 Å². The highest BCUT2D eigenvalue weighted by atomic mass is 15.0. The molecule has 0 amide bonds. The summed E-state index contributed by atoms with van der Waals surface area (Å²) in [6, 6.07) is 4.19. The lowest BCUT2D eigenvalue weighted by Gasteiger charge is -2.10. The molecule has 0 aliphatic rings. The maximum absolute atomic E-state index is 5.65. The van der Waals surface area contributed by atoms with E-state index in [0.29, 0.717) is 12.5 Å². The summed E-state index contributed by atoms with van der Waals surface area (Å²) in [5, 5.41) is 0. The lowest BCUT2D eigenvalue weighted by molar-refractivity contribution is 0.849. The van der Waals surface area contributed by atoms with Crippen LogP contribution < -0.4 is 5.73 Å². The fraction of sp³-hybridized carbons (Fsp3) is 0.364. The number of nitrogens with zero attached hydrogens (tertiary/aromatic N) is 2. The van der Waals surface area contributed by atoms with Crippen LogP contribution in [0.3, 0.4) is 0 Å². The molecule has 0 unspecified atom stereocenters. The topological polar surface area (TPSA) is 43.3 Å². The van der Waals surface area contributed by atoms with Crippen LogP contribution in [0.2, 0.25) is 0 Å². The van der Waals surface area contributed by atoms with E-state index >= 15 is 0 Å². The van der Waals surface area contributed by atoms with E-state index < -0.39 is 0 Å². The van der Waals surface area contributed by atoms with Crippen molar-refractivity contribution in [3.8, 4) is 0 Å². The van der Waals surface area contributed by atoms with Crippen LogP contribution in [0, 0.1) is 0 Å². The normalized spacial score (nSPS) is 11.4. The van der Waals surface area contributed by atoms with Crippen molar-refractivity contribution >= 4 is 5.65 Å². The van der Waals surface area contributed by atoms with Crippen molar-refractivity contribution in [2.45, 2.75) is 26.3 Å². The second kappa shape index (κ2) is 3.42. The zero-order valence-electron chi connectivity index (χ0n) is 8.57. The Morgan fingerprint density at radius 1 is 1.43 bits per heavy atom. The standard InChI is InChI=1S/C11H15N3/c1-8(2)10-4-3-9(7-12)14-6-5-13-11(10)14/h3-6,8H,7,12H2,1-2H3. The molecule has 2 aromatic rings. The highest BCUT2D eigenvalue weighted by Crippen LogP contribution is 2.20. The second-order valence-corrected chi connectivity index (χ2v) is 3.76. The number of imidazole rings is 1. The molecule has 0 bridgehead atoms. The molecule has 0 radical (unpaired) electrons. The van der Waals surface area contributed by atoms with Crippen LogP contribution in [0.5, 0.6) is 0 Å². The Balaban J connectivity index is 2.72. The first-order chi connectivity index (χ1) is 6.74. The smallest absolute Gasteiger partial charge is 0.140 e. The monoisotopic (exact) mass is 189 g/mol. The third-order valence-electron chi connectivity index (χ3n) is 2.49. The van der Waals surface area contributed by atoms with E-state index in [1.165, 1.54) is 5.56 Å². The zero-order chi connectivity index (χ0) is 10.1. The van der Waals surface area contributed by atoms with Crippen molar-refractivity contribution in [2.24, 2.45) is 5.73 Å². The Bertz CT molecular complexity index is 443. The summed E-state index contributed by atoms with van der Waals surface area (Å²) in [5.74, 6) is 0.492. The zero-order valence-corrected chi connectivity index (χ0v) is 8.57. The molecule has 3 heteroatoms. The molecule has 2 N–H and O–H groups in total. The SMILES string of the molecule is CC(C)c1ccc(CN)n2ccnc12. The van der Waals surface area contributed by atoms with Gasteiger partial charge in [-0.05, 0) is 17.5 Å². The number of nitrogens with two attached hydrogens (primary N) is 1. The summed E-state index contributed by atoms with van der Waals surface area (Å²) in [5.41, 5.74) is 9.05. The van der Waals surface area contributed by atoms with Crippen LogP contribution in [-0.2, 0) is 6.54 Å². The minimum absolute atomic E-state index is 0.492. The van der Waals surface area contributed by atoms with Crippen LogP contribution in [-0.4, -0.2) is 9.38 Å². The van der Waals surface area contributed by atoms with Crippen molar-refractivity contribution < 1.29 is 0 Å². The van der Waals surface area contributed by atoms with Gasteiger partial charge in [0.2, 0.25) is 0 Å². The molecule has 0 aliphatic heterocycles. The van der Waals surface area contributed by atoms with Gasteiger partial charge in [0, 0.05) is 24.6 Å². The molecule has 2 rings (SSSR count). The summed E-state index contributed by atoms with van der Waals surface area (Å²) >= 11 is 0. The number of fused-ring (bicyclic) bond motifs is 1. The fourth-order valence-corrected chi connectivity index (χ4v) is 1.71. The summed E-state index contributed by atoms with van der Waals surface area (Å²) < 4.78 is 2.06. The Kier molecular flexibility index (Phi) is 2.25. The maximum Gasteiger partial charge on any atom is 0.140 e. The van der Waals surface area contributed by atoms with Crippen LogP contribution in [0.4, 0.5) is 0 Å². The molecule has 0 atom stereocenters. The molecule has 14 heavy (non-hydrogen) atoms. The maximum atomic E-state index is 5.65. The number of hydrogen-bond acceptors (Lipinski definition) is 2. The molecule has 0 spiro atoms. The molecule has 0 aromatic carbocycles. The van der Waals surface area contributed by atoms with Gasteiger partial charge in [0.1, 0.15) is 5.65 Å². The molecule has 3 nitrogen and oxygen atoms in total. The summed E-state index contributed by atoms with van der Waals surface area (Å²) in [4.78, 5) is 4.36. The van der Waals surface area contributed by atoms with Gasteiger partial charge in [0.25, 0.3) is 0 Å². The van der Waals surface area contributed by atoms with E-state index in [2.05, 4.69) is 35.4 Å². The van der Waals surface area contributed by atoms with Gasteiger partial charge in [-0.2, -0.15) is 0 Å². The molecule has 74 valence electrons. The van der Waals surface area contributed by atoms with Crippen LogP contribution in [0.1, 0.15) is 31.0 Å². The number of hydrogen-bond donors (Lipinski definition) is 1. The van der Waals surface area contributed by atoms with Crippen LogP contribution in [0.15, 0.2) is 24.5 Å². The number of aromatic nitrogens is 2. The molecular weight excluding hydrogens is 174 g/mol. The average Bonchev–Trinajstić information content (AvgIpc) is 2.64. The van der Waals surface area contributed by atoms with Crippen LogP contribution >= 0.6 is 0 Å². The second-order valence-electron chi connectivity index (χ2n) is 3.76. The molecule has 2 heterocycles.